The summed E-state index contributed by atoms with van der Waals surface area (Å²) in [6.45, 7) is 6.97. The first kappa shape index (κ1) is 23.7. The van der Waals surface area contributed by atoms with Gasteiger partial charge in [0.05, 0.1) is 25.9 Å². The summed E-state index contributed by atoms with van der Waals surface area (Å²) in [5.74, 6) is 0.958. The fourth-order valence-corrected chi connectivity index (χ4v) is 5.53. The molecule has 6 heteroatoms. The predicted molar refractivity (Wildman–Crippen MR) is 139 cm³/mol. The van der Waals surface area contributed by atoms with Gasteiger partial charge in [0, 0.05) is 41.3 Å². The van der Waals surface area contributed by atoms with E-state index < -0.39 is 0 Å². The van der Waals surface area contributed by atoms with Crippen molar-refractivity contribution in [2.24, 2.45) is 0 Å². The Labute approximate surface area is 208 Å². The Balaban J connectivity index is 1.13. The number of aromatic nitrogens is 1. The third kappa shape index (κ3) is 5.44. The lowest BCUT2D eigenvalue weighted by atomic mass is 9.93. The second-order valence-corrected chi connectivity index (χ2v) is 10.1. The van der Waals surface area contributed by atoms with Gasteiger partial charge in [0.1, 0.15) is 5.75 Å². The van der Waals surface area contributed by atoms with Gasteiger partial charge in [0.15, 0.2) is 0 Å². The fourth-order valence-electron chi connectivity index (χ4n) is 5.35. The van der Waals surface area contributed by atoms with E-state index in [1.54, 1.807) is 0 Å². The number of ether oxygens (including phenoxy) is 2. The highest BCUT2D eigenvalue weighted by Gasteiger charge is 2.29. The normalized spacial score (nSPS) is 19.4. The van der Waals surface area contributed by atoms with Crippen LogP contribution in [0.5, 0.6) is 5.75 Å². The number of hydrogen-bond donors (Lipinski definition) is 1. The van der Waals surface area contributed by atoms with Crippen molar-refractivity contribution in [3.8, 4) is 5.75 Å². The Kier molecular flexibility index (Phi) is 7.75. The molecule has 1 atom stereocenters. The van der Waals surface area contributed by atoms with Crippen LogP contribution in [0.15, 0.2) is 42.5 Å². The minimum Gasteiger partial charge on any atom is -0.494 e. The van der Waals surface area contributed by atoms with Crippen molar-refractivity contribution < 1.29 is 9.47 Å². The summed E-state index contributed by atoms with van der Waals surface area (Å²) in [5.41, 5.74) is 5.14. The highest BCUT2D eigenvalue weighted by molar-refractivity contribution is 6.31. The SMILES string of the molecule is CN1CCc2c([nH]c3ccc(Cl)cc23)C1c1ccc(OCCCCCCN2CCOCC2)cc1. The van der Waals surface area contributed by atoms with Crippen molar-refractivity contribution in [3.05, 3.63) is 64.3 Å². The third-order valence-corrected chi connectivity index (χ3v) is 7.50. The highest BCUT2D eigenvalue weighted by Crippen LogP contribution is 2.38. The van der Waals surface area contributed by atoms with Crippen LogP contribution >= 0.6 is 11.6 Å². The molecule has 1 unspecified atom stereocenters. The van der Waals surface area contributed by atoms with E-state index in [0.29, 0.717) is 0 Å². The first-order valence-corrected chi connectivity index (χ1v) is 13.1. The average Bonchev–Trinajstić information content (AvgIpc) is 3.22. The molecule has 0 spiro atoms. The number of aromatic amines is 1. The molecule has 3 aromatic rings. The van der Waals surface area contributed by atoms with Crippen molar-refractivity contribution in [3.63, 3.8) is 0 Å². The van der Waals surface area contributed by atoms with Gasteiger partial charge in [-0.15, -0.1) is 0 Å². The molecule has 2 aliphatic heterocycles. The number of hydrogen-bond acceptors (Lipinski definition) is 4. The number of morpholine rings is 1. The summed E-state index contributed by atoms with van der Waals surface area (Å²) in [4.78, 5) is 8.61. The van der Waals surface area contributed by atoms with Crippen LogP contribution in [-0.2, 0) is 11.2 Å². The molecule has 182 valence electrons. The van der Waals surface area contributed by atoms with Crippen LogP contribution in [-0.4, -0.2) is 67.8 Å². The Morgan fingerprint density at radius 3 is 2.62 bits per heavy atom. The van der Waals surface area contributed by atoms with Crippen LogP contribution in [0.25, 0.3) is 10.9 Å². The number of nitrogens with zero attached hydrogens (tertiary/aromatic N) is 2. The van der Waals surface area contributed by atoms with Crippen molar-refractivity contribution in [1.29, 1.82) is 0 Å². The van der Waals surface area contributed by atoms with Crippen LogP contribution in [0.1, 0.15) is 48.5 Å². The summed E-state index contributed by atoms with van der Waals surface area (Å²) >= 11 is 6.28. The van der Waals surface area contributed by atoms with Crippen LogP contribution in [0.3, 0.4) is 0 Å². The van der Waals surface area contributed by atoms with Crippen molar-refractivity contribution in [2.75, 3.05) is 53.0 Å². The molecule has 0 aliphatic carbocycles. The Bertz CT molecular complexity index is 1080. The van der Waals surface area contributed by atoms with E-state index in [0.717, 1.165) is 63.1 Å². The topological polar surface area (TPSA) is 40.7 Å². The molecule has 0 amide bonds. The minimum atomic E-state index is 0.218. The number of unbranched alkanes of at least 4 members (excludes halogenated alkanes) is 3. The molecule has 1 saturated heterocycles. The Morgan fingerprint density at radius 2 is 1.79 bits per heavy atom. The number of rotatable bonds is 9. The molecule has 0 saturated carbocycles. The Morgan fingerprint density at radius 1 is 1.00 bits per heavy atom. The molecule has 1 aromatic heterocycles. The van der Waals surface area contributed by atoms with Gasteiger partial charge < -0.3 is 14.5 Å². The maximum absolute atomic E-state index is 6.28. The lowest BCUT2D eigenvalue weighted by molar-refractivity contribution is 0.0371. The van der Waals surface area contributed by atoms with Crippen molar-refractivity contribution >= 4 is 22.5 Å². The van der Waals surface area contributed by atoms with Crippen molar-refractivity contribution in [1.82, 2.24) is 14.8 Å². The van der Waals surface area contributed by atoms with Crippen LogP contribution in [0.4, 0.5) is 0 Å². The molecule has 1 N–H and O–H groups in total. The summed E-state index contributed by atoms with van der Waals surface area (Å²) in [6, 6.07) is 15.0. The number of H-pyrrole nitrogens is 1. The smallest absolute Gasteiger partial charge is 0.119 e. The van der Waals surface area contributed by atoms with Gasteiger partial charge in [-0.1, -0.05) is 36.6 Å². The fraction of sp³-hybridized carbons (Fsp3) is 0.500. The van der Waals surface area contributed by atoms with E-state index in [4.69, 9.17) is 21.1 Å². The van der Waals surface area contributed by atoms with Crippen molar-refractivity contribution in [2.45, 2.75) is 38.1 Å². The van der Waals surface area contributed by atoms with E-state index in [1.807, 2.05) is 6.07 Å². The summed E-state index contributed by atoms with van der Waals surface area (Å²) < 4.78 is 11.5. The molecule has 34 heavy (non-hydrogen) atoms. The molecule has 5 rings (SSSR count). The lowest BCUT2D eigenvalue weighted by Gasteiger charge is -2.33. The first-order valence-electron chi connectivity index (χ1n) is 12.7. The largest absolute Gasteiger partial charge is 0.494 e. The molecule has 2 aromatic carbocycles. The molecular formula is C28H36ClN3O2. The van der Waals surface area contributed by atoms with Gasteiger partial charge >= 0.3 is 0 Å². The number of fused-ring (bicyclic) bond motifs is 3. The summed E-state index contributed by atoms with van der Waals surface area (Å²) in [6.07, 6.45) is 5.91. The van der Waals surface area contributed by atoms with Gasteiger partial charge in [-0.2, -0.15) is 0 Å². The minimum absolute atomic E-state index is 0.218. The Hall–Kier alpha value is -2.05. The van der Waals surface area contributed by atoms with Crippen LogP contribution < -0.4 is 4.74 Å². The number of likely N-dealkylation sites (N-methyl/N-ethyl adjacent to an activating group) is 1. The molecule has 0 bridgehead atoms. The summed E-state index contributed by atoms with van der Waals surface area (Å²) in [5, 5.41) is 2.05. The monoisotopic (exact) mass is 481 g/mol. The predicted octanol–water partition coefficient (Wildman–Crippen LogP) is 5.67. The maximum Gasteiger partial charge on any atom is 0.119 e. The molecule has 3 heterocycles. The maximum atomic E-state index is 6.28. The van der Waals surface area contributed by atoms with Crippen LogP contribution in [0, 0.1) is 0 Å². The zero-order valence-electron chi connectivity index (χ0n) is 20.2. The average molecular weight is 482 g/mol. The number of nitrogens with one attached hydrogen (secondary N) is 1. The van der Waals surface area contributed by atoms with Gasteiger partial charge in [0.2, 0.25) is 0 Å². The zero-order chi connectivity index (χ0) is 23.3. The van der Waals surface area contributed by atoms with Gasteiger partial charge in [-0.25, -0.2) is 0 Å². The summed E-state index contributed by atoms with van der Waals surface area (Å²) in [7, 11) is 2.20. The highest BCUT2D eigenvalue weighted by atomic mass is 35.5. The molecule has 0 radical (unpaired) electrons. The van der Waals surface area contributed by atoms with E-state index in [9.17, 15) is 0 Å². The van der Waals surface area contributed by atoms with Gasteiger partial charge in [-0.3, -0.25) is 9.80 Å². The third-order valence-electron chi connectivity index (χ3n) is 7.27. The second kappa shape index (κ2) is 11.1. The van der Waals surface area contributed by atoms with E-state index in [-0.39, 0.29) is 6.04 Å². The molecule has 5 nitrogen and oxygen atoms in total. The quantitative estimate of drug-likeness (QED) is 0.400. The van der Waals surface area contributed by atoms with E-state index >= 15 is 0 Å². The first-order chi connectivity index (χ1) is 16.7. The standard InChI is InChI=1S/C28H36ClN3O2/c1-31-14-12-24-25-20-22(29)8-11-26(25)30-27(24)28(31)21-6-9-23(10-7-21)34-17-5-3-2-4-13-32-15-18-33-19-16-32/h6-11,20,28,30H,2-5,12-19H2,1H3. The van der Waals surface area contributed by atoms with Gasteiger partial charge in [0.25, 0.3) is 0 Å². The number of benzene rings is 2. The van der Waals surface area contributed by atoms with Gasteiger partial charge in [-0.05, 0) is 74.3 Å². The number of halogens is 1. The van der Waals surface area contributed by atoms with E-state index in [2.05, 4.69) is 58.2 Å². The molecule has 1 fully saturated rings. The zero-order valence-corrected chi connectivity index (χ0v) is 20.9. The molecular weight excluding hydrogens is 446 g/mol. The van der Waals surface area contributed by atoms with E-state index in [1.165, 1.54) is 53.5 Å². The lowest BCUT2D eigenvalue weighted by Crippen LogP contribution is -2.36. The molecule has 2 aliphatic rings. The second-order valence-electron chi connectivity index (χ2n) is 9.63. The van der Waals surface area contributed by atoms with Crippen LogP contribution in [0.2, 0.25) is 5.02 Å².